The van der Waals surface area contributed by atoms with E-state index < -0.39 is 6.10 Å². The standard InChI is InChI=1S/C27H25F2NO3/c28-19-10-6-17(7-11-19)26(18-8-12-20(29)13-9-18)32-23-14-21-15-24(25(16-23)30-21)27(31)33-22-4-2-1-3-5-22/h1-13,21,23-26,30H,14-16H2/t21?,23-,24-,25?/m0/s1. The summed E-state index contributed by atoms with van der Waals surface area (Å²) in [6.45, 7) is 0. The van der Waals surface area contributed by atoms with Gasteiger partial charge in [-0.1, -0.05) is 42.5 Å². The average Bonchev–Trinajstić information content (AvgIpc) is 3.13. The van der Waals surface area contributed by atoms with Gasteiger partial charge in [-0.2, -0.15) is 0 Å². The van der Waals surface area contributed by atoms with Crippen LogP contribution in [-0.4, -0.2) is 24.2 Å². The molecule has 2 fully saturated rings. The van der Waals surface area contributed by atoms with Gasteiger partial charge in [0.1, 0.15) is 23.5 Å². The second-order valence-corrected chi connectivity index (χ2v) is 8.76. The lowest BCUT2D eigenvalue weighted by molar-refractivity contribution is -0.139. The minimum absolute atomic E-state index is 0.0351. The first-order valence-electron chi connectivity index (χ1n) is 11.2. The fourth-order valence-electron chi connectivity index (χ4n) is 4.92. The quantitative estimate of drug-likeness (QED) is 0.416. The summed E-state index contributed by atoms with van der Waals surface area (Å²) in [6, 6.07) is 21.6. The van der Waals surface area contributed by atoms with Gasteiger partial charge < -0.3 is 14.8 Å². The van der Waals surface area contributed by atoms with Crippen LogP contribution in [0.25, 0.3) is 0 Å². The van der Waals surface area contributed by atoms with Crippen molar-refractivity contribution in [3.63, 3.8) is 0 Å². The minimum Gasteiger partial charge on any atom is -0.426 e. The van der Waals surface area contributed by atoms with Crippen molar-refractivity contribution in [2.75, 3.05) is 0 Å². The second kappa shape index (κ2) is 9.41. The molecule has 4 nitrogen and oxygen atoms in total. The average molecular weight is 449 g/mol. The van der Waals surface area contributed by atoms with Crippen molar-refractivity contribution in [3.8, 4) is 5.75 Å². The van der Waals surface area contributed by atoms with Crippen molar-refractivity contribution < 1.29 is 23.0 Å². The normalized spacial score (nSPS) is 24.1. The van der Waals surface area contributed by atoms with Gasteiger partial charge in [0.25, 0.3) is 0 Å². The smallest absolute Gasteiger partial charge is 0.315 e. The highest BCUT2D eigenvalue weighted by Gasteiger charge is 2.45. The number of benzene rings is 3. The number of fused-ring (bicyclic) bond motifs is 2. The van der Waals surface area contributed by atoms with E-state index >= 15 is 0 Å². The molecule has 2 heterocycles. The molecule has 170 valence electrons. The molecule has 0 amide bonds. The fourth-order valence-corrected chi connectivity index (χ4v) is 4.92. The van der Waals surface area contributed by atoms with Crippen LogP contribution < -0.4 is 10.1 Å². The van der Waals surface area contributed by atoms with Crippen LogP contribution >= 0.6 is 0 Å². The SMILES string of the molecule is O=C(Oc1ccccc1)[C@H]1CC2C[C@H](OC(c3ccc(F)cc3)c3ccc(F)cc3)CC1N2. The zero-order chi connectivity index (χ0) is 22.8. The van der Waals surface area contributed by atoms with Gasteiger partial charge in [-0.15, -0.1) is 0 Å². The first kappa shape index (κ1) is 21.7. The molecule has 2 bridgehead atoms. The Kier molecular flexibility index (Phi) is 6.20. The van der Waals surface area contributed by atoms with Crippen LogP contribution in [0.4, 0.5) is 8.78 Å². The number of ether oxygens (including phenoxy) is 2. The van der Waals surface area contributed by atoms with Crippen molar-refractivity contribution >= 4 is 5.97 Å². The van der Waals surface area contributed by atoms with Gasteiger partial charge in [-0.3, -0.25) is 4.79 Å². The Balaban J connectivity index is 1.31. The number of hydrogen-bond acceptors (Lipinski definition) is 4. The van der Waals surface area contributed by atoms with Gasteiger partial charge in [0.15, 0.2) is 0 Å². The van der Waals surface area contributed by atoms with Gasteiger partial charge in [0.05, 0.1) is 12.0 Å². The maximum absolute atomic E-state index is 13.5. The fraction of sp³-hybridized carbons (Fsp3) is 0.296. The molecule has 4 atom stereocenters. The highest BCUT2D eigenvalue weighted by molar-refractivity contribution is 5.76. The number of nitrogens with one attached hydrogen (secondary N) is 1. The molecule has 2 saturated heterocycles. The van der Waals surface area contributed by atoms with Crippen LogP contribution in [0.3, 0.4) is 0 Å². The summed E-state index contributed by atoms with van der Waals surface area (Å²) in [5, 5.41) is 3.52. The largest absolute Gasteiger partial charge is 0.426 e. The third kappa shape index (κ3) is 4.97. The Labute approximate surface area is 191 Å². The zero-order valence-electron chi connectivity index (χ0n) is 18.0. The maximum Gasteiger partial charge on any atom is 0.315 e. The second-order valence-electron chi connectivity index (χ2n) is 8.76. The topological polar surface area (TPSA) is 47.6 Å². The van der Waals surface area contributed by atoms with Crippen LogP contribution in [0.2, 0.25) is 0 Å². The van der Waals surface area contributed by atoms with Crippen LogP contribution in [0, 0.1) is 17.6 Å². The Morgan fingerprint density at radius 2 is 1.42 bits per heavy atom. The molecule has 0 aliphatic carbocycles. The highest BCUT2D eigenvalue weighted by atomic mass is 19.1. The van der Waals surface area contributed by atoms with E-state index in [2.05, 4.69) is 5.32 Å². The first-order valence-corrected chi connectivity index (χ1v) is 11.2. The number of esters is 1. The van der Waals surface area contributed by atoms with E-state index in [0.717, 1.165) is 17.5 Å². The Bertz CT molecular complexity index is 1040. The summed E-state index contributed by atoms with van der Waals surface area (Å²) in [5.41, 5.74) is 1.60. The zero-order valence-corrected chi connectivity index (χ0v) is 18.0. The molecular formula is C27H25F2NO3. The molecule has 3 aromatic carbocycles. The lowest BCUT2D eigenvalue weighted by atomic mass is 9.96. The van der Waals surface area contributed by atoms with Gasteiger partial charge >= 0.3 is 5.97 Å². The van der Waals surface area contributed by atoms with Crippen molar-refractivity contribution in [2.45, 2.75) is 43.6 Å². The van der Waals surface area contributed by atoms with E-state index in [1.807, 2.05) is 18.2 Å². The van der Waals surface area contributed by atoms with E-state index in [9.17, 15) is 13.6 Å². The number of rotatable bonds is 6. The van der Waals surface area contributed by atoms with Crippen LogP contribution in [0.1, 0.15) is 36.5 Å². The first-order chi connectivity index (χ1) is 16.0. The monoisotopic (exact) mass is 449 g/mol. The predicted octanol–water partition coefficient (Wildman–Crippen LogP) is 5.19. The number of halogens is 2. The molecule has 0 saturated carbocycles. The molecule has 3 aromatic rings. The number of para-hydroxylation sites is 1. The number of piperidine rings is 1. The Hall–Kier alpha value is -3.09. The minimum atomic E-state index is -0.455. The summed E-state index contributed by atoms with van der Waals surface area (Å²) in [5.74, 6) is -0.564. The summed E-state index contributed by atoms with van der Waals surface area (Å²) >= 11 is 0. The Morgan fingerprint density at radius 1 is 0.818 bits per heavy atom. The van der Waals surface area contributed by atoms with Crippen molar-refractivity contribution in [1.29, 1.82) is 0 Å². The van der Waals surface area contributed by atoms with E-state index in [1.54, 1.807) is 36.4 Å². The van der Waals surface area contributed by atoms with Gasteiger partial charge in [-0.05, 0) is 66.8 Å². The molecule has 0 aromatic heterocycles. The summed E-state index contributed by atoms with van der Waals surface area (Å²) < 4.78 is 39.1. The van der Waals surface area contributed by atoms with Gasteiger partial charge in [-0.25, -0.2) is 8.78 Å². The lowest BCUT2D eigenvalue weighted by Gasteiger charge is -2.33. The summed E-state index contributed by atoms with van der Waals surface area (Å²) in [4.78, 5) is 12.8. The van der Waals surface area contributed by atoms with Crippen LogP contribution in [0.15, 0.2) is 78.9 Å². The Morgan fingerprint density at radius 3 is 2.03 bits per heavy atom. The third-order valence-corrected chi connectivity index (χ3v) is 6.48. The number of carbonyl (C=O) groups is 1. The van der Waals surface area contributed by atoms with Crippen LogP contribution in [-0.2, 0) is 9.53 Å². The molecular weight excluding hydrogens is 424 g/mol. The number of carbonyl (C=O) groups excluding carboxylic acids is 1. The van der Waals surface area contributed by atoms with E-state index in [4.69, 9.17) is 9.47 Å². The van der Waals surface area contributed by atoms with E-state index in [0.29, 0.717) is 18.6 Å². The molecule has 33 heavy (non-hydrogen) atoms. The van der Waals surface area contributed by atoms with Crippen molar-refractivity contribution in [2.24, 2.45) is 5.92 Å². The van der Waals surface area contributed by atoms with E-state index in [1.165, 1.54) is 24.3 Å². The van der Waals surface area contributed by atoms with E-state index in [-0.39, 0.29) is 41.7 Å². The molecule has 2 aliphatic rings. The predicted molar refractivity (Wildman–Crippen MR) is 120 cm³/mol. The third-order valence-electron chi connectivity index (χ3n) is 6.48. The summed E-state index contributed by atoms with van der Waals surface area (Å²) in [6.07, 6.45) is 1.56. The van der Waals surface area contributed by atoms with Gasteiger partial charge in [0, 0.05) is 12.1 Å². The summed E-state index contributed by atoms with van der Waals surface area (Å²) in [7, 11) is 0. The molecule has 2 aliphatic heterocycles. The maximum atomic E-state index is 13.5. The van der Waals surface area contributed by atoms with Gasteiger partial charge in [0.2, 0.25) is 0 Å². The molecule has 5 rings (SSSR count). The van der Waals surface area contributed by atoms with Crippen molar-refractivity contribution in [3.05, 3.63) is 102 Å². The molecule has 6 heteroatoms. The molecule has 2 unspecified atom stereocenters. The van der Waals surface area contributed by atoms with Crippen LogP contribution in [0.5, 0.6) is 5.75 Å². The molecule has 0 radical (unpaired) electrons. The molecule has 1 N–H and O–H groups in total. The van der Waals surface area contributed by atoms with Crippen molar-refractivity contribution in [1.82, 2.24) is 5.32 Å². The number of hydrogen-bond donors (Lipinski definition) is 1. The molecule has 0 spiro atoms. The highest BCUT2D eigenvalue weighted by Crippen LogP contribution is 2.38. The lowest BCUT2D eigenvalue weighted by Crippen LogP contribution is -2.44.